The summed E-state index contributed by atoms with van der Waals surface area (Å²) in [6.07, 6.45) is 16.8. The van der Waals surface area contributed by atoms with Gasteiger partial charge in [-0.15, -0.1) is 0 Å². The Morgan fingerprint density at radius 2 is 1.31 bits per heavy atom. The summed E-state index contributed by atoms with van der Waals surface area (Å²) in [5.41, 5.74) is 6.09. The molecular weight excluding hydrogens is 442 g/mol. The predicted octanol–water partition coefficient (Wildman–Crippen LogP) is 10.0. The standard InChI is InChI=1S/C33H45NO2/c1-4-6-8-10-12-16-23-33(24-17-13-11-9-7-5-2)31-27(20-18-21-28(31)32(35)36-33)30-25(3)34-29-22-15-14-19-26(29)30/h14-15,18-22,34H,4-13,16-17,23-24H2,1-3H3. The number of unbranched alkanes of at least 4 members (excludes halogenated alkanes) is 10. The Labute approximate surface area is 218 Å². The third-order valence-corrected chi connectivity index (χ3v) is 8.06. The maximum Gasteiger partial charge on any atom is 0.339 e. The number of para-hydroxylation sites is 1. The maximum atomic E-state index is 13.3. The second-order valence-electron chi connectivity index (χ2n) is 10.8. The Morgan fingerprint density at radius 3 is 1.97 bits per heavy atom. The van der Waals surface area contributed by atoms with Crippen LogP contribution in [0.3, 0.4) is 0 Å². The van der Waals surface area contributed by atoms with Crippen molar-refractivity contribution in [2.45, 2.75) is 116 Å². The van der Waals surface area contributed by atoms with Crippen LogP contribution >= 0.6 is 0 Å². The lowest BCUT2D eigenvalue weighted by Gasteiger charge is -2.31. The Kier molecular flexibility index (Phi) is 9.29. The van der Waals surface area contributed by atoms with Gasteiger partial charge in [0.05, 0.1) is 5.56 Å². The van der Waals surface area contributed by atoms with Gasteiger partial charge in [-0.25, -0.2) is 4.79 Å². The summed E-state index contributed by atoms with van der Waals surface area (Å²) in [6, 6.07) is 14.7. The lowest BCUT2D eigenvalue weighted by atomic mass is 9.78. The first-order valence-electron chi connectivity index (χ1n) is 14.6. The number of nitrogens with one attached hydrogen (secondary N) is 1. The minimum absolute atomic E-state index is 0.138. The topological polar surface area (TPSA) is 42.1 Å². The van der Waals surface area contributed by atoms with Crippen molar-refractivity contribution < 1.29 is 9.53 Å². The number of aromatic amines is 1. The van der Waals surface area contributed by atoms with Gasteiger partial charge in [-0.3, -0.25) is 0 Å². The highest BCUT2D eigenvalue weighted by Gasteiger charge is 2.46. The fraction of sp³-hybridized carbons (Fsp3) is 0.545. The molecule has 0 amide bonds. The number of ether oxygens (including phenoxy) is 1. The van der Waals surface area contributed by atoms with Crippen LogP contribution in [0.15, 0.2) is 42.5 Å². The van der Waals surface area contributed by atoms with E-state index in [-0.39, 0.29) is 5.97 Å². The maximum absolute atomic E-state index is 13.3. The molecule has 3 nitrogen and oxygen atoms in total. The molecular formula is C33H45NO2. The molecule has 0 unspecified atom stereocenters. The first-order valence-corrected chi connectivity index (χ1v) is 14.6. The molecule has 3 heteroatoms. The van der Waals surface area contributed by atoms with Gasteiger partial charge in [-0.2, -0.15) is 0 Å². The fourth-order valence-electron chi connectivity index (χ4n) is 6.19. The summed E-state index contributed by atoms with van der Waals surface area (Å²) in [6.45, 7) is 6.67. The molecule has 36 heavy (non-hydrogen) atoms. The molecule has 2 aromatic carbocycles. The van der Waals surface area contributed by atoms with Crippen LogP contribution in [0.4, 0.5) is 0 Å². The lowest BCUT2D eigenvalue weighted by Crippen LogP contribution is -2.27. The van der Waals surface area contributed by atoms with Crippen LogP contribution in [0.2, 0.25) is 0 Å². The lowest BCUT2D eigenvalue weighted by molar-refractivity contribution is -0.0200. The molecule has 0 atom stereocenters. The number of aromatic nitrogens is 1. The normalized spacial score (nSPS) is 14.4. The van der Waals surface area contributed by atoms with Gasteiger partial charge in [-0.05, 0) is 50.3 Å². The number of fused-ring (bicyclic) bond motifs is 2. The third-order valence-electron chi connectivity index (χ3n) is 8.06. The van der Waals surface area contributed by atoms with Crippen LogP contribution in [0.5, 0.6) is 0 Å². The second kappa shape index (κ2) is 12.6. The largest absolute Gasteiger partial charge is 0.451 e. The predicted molar refractivity (Wildman–Crippen MR) is 152 cm³/mol. The van der Waals surface area contributed by atoms with Crippen molar-refractivity contribution in [2.24, 2.45) is 0 Å². The van der Waals surface area contributed by atoms with Gasteiger partial charge in [0.2, 0.25) is 0 Å². The molecule has 0 bridgehead atoms. The smallest absolute Gasteiger partial charge is 0.339 e. The van der Waals surface area contributed by atoms with E-state index in [2.05, 4.69) is 56.1 Å². The van der Waals surface area contributed by atoms with Crippen LogP contribution in [-0.4, -0.2) is 11.0 Å². The average molecular weight is 488 g/mol. The molecule has 0 fully saturated rings. The van der Waals surface area contributed by atoms with Gasteiger partial charge >= 0.3 is 5.97 Å². The van der Waals surface area contributed by atoms with Crippen LogP contribution in [0.25, 0.3) is 22.0 Å². The minimum atomic E-state index is -0.511. The van der Waals surface area contributed by atoms with E-state index in [9.17, 15) is 4.79 Å². The zero-order valence-corrected chi connectivity index (χ0v) is 22.8. The molecule has 3 aromatic rings. The molecule has 0 spiro atoms. The Hall–Kier alpha value is -2.55. The highest BCUT2D eigenvalue weighted by Crippen LogP contribution is 2.50. The molecule has 0 aliphatic carbocycles. The minimum Gasteiger partial charge on any atom is -0.451 e. The van der Waals surface area contributed by atoms with Crippen LogP contribution in [0.1, 0.15) is 125 Å². The molecule has 1 aromatic heterocycles. The second-order valence-corrected chi connectivity index (χ2v) is 10.8. The molecule has 1 N–H and O–H groups in total. The number of cyclic esters (lactones) is 1. The first kappa shape index (κ1) is 26.5. The van der Waals surface area contributed by atoms with E-state index in [1.165, 1.54) is 80.7 Å². The van der Waals surface area contributed by atoms with Gasteiger partial charge in [0.1, 0.15) is 5.60 Å². The molecule has 2 heterocycles. The van der Waals surface area contributed by atoms with Crippen molar-refractivity contribution in [3.8, 4) is 11.1 Å². The fourth-order valence-corrected chi connectivity index (χ4v) is 6.19. The Morgan fingerprint density at radius 1 is 0.722 bits per heavy atom. The van der Waals surface area contributed by atoms with E-state index in [1.807, 2.05) is 12.1 Å². The highest BCUT2D eigenvalue weighted by molar-refractivity contribution is 6.03. The highest BCUT2D eigenvalue weighted by atomic mass is 16.6. The number of carbonyl (C=O) groups is 1. The molecule has 0 saturated heterocycles. The number of hydrogen-bond donors (Lipinski definition) is 1. The number of aryl methyl sites for hydroxylation is 1. The molecule has 0 radical (unpaired) electrons. The van der Waals surface area contributed by atoms with Crippen molar-refractivity contribution in [3.05, 3.63) is 59.3 Å². The monoisotopic (exact) mass is 487 g/mol. The summed E-state index contributed by atoms with van der Waals surface area (Å²) in [7, 11) is 0. The van der Waals surface area contributed by atoms with E-state index in [1.54, 1.807) is 0 Å². The number of esters is 1. The van der Waals surface area contributed by atoms with Gasteiger partial charge in [0, 0.05) is 27.7 Å². The zero-order chi connectivity index (χ0) is 25.4. The molecule has 0 saturated carbocycles. The molecule has 4 rings (SSSR count). The zero-order valence-electron chi connectivity index (χ0n) is 22.8. The van der Waals surface area contributed by atoms with Gasteiger partial charge in [0.15, 0.2) is 0 Å². The van der Waals surface area contributed by atoms with E-state index >= 15 is 0 Å². The van der Waals surface area contributed by atoms with E-state index in [4.69, 9.17) is 4.74 Å². The van der Waals surface area contributed by atoms with Crippen LogP contribution < -0.4 is 0 Å². The quantitative estimate of drug-likeness (QED) is 0.171. The summed E-state index contributed by atoms with van der Waals surface area (Å²) in [5.74, 6) is -0.138. The summed E-state index contributed by atoms with van der Waals surface area (Å²) in [4.78, 5) is 16.8. The number of benzene rings is 2. The first-order chi connectivity index (χ1) is 17.6. The molecule has 1 aliphatic heterocycles. The van der Waals surface area contributed by atoms with E-state index in [0.717, 1.165) is 48.0 Å². The van der Waals surface area contributed by atoms with Crippen LogP contribution in [0, 0.1) is 6.92 Å². The Bertz CT molecular complexity index is 1130. The SMILES string of the molecule is CCCCCCCCC1(CCCCCCCC)OC(=O)c2cccc(-c3c(C)[nH]c4ccccc34)c21. The summed E-state index contributed by atoms with van der Waals surface area (Å²) < 4.78 is 6.42. The Balaban J connectivity index is 1.67. The number of rotatable bonds is 15. The van der Waals surface area contributed by atoms with E-state index < -0.39 is 5.60 Å². The van der Waals surface area contributed by atoms with Crippen LogP contribution in [-0.2, 0) is 10.3 Å². The molecule has 1 aliphatic rings. The number of carbonyl (C=O) groups excluding carboxylic acids is 1. The van der Waals surface area contributed by atoms with Gasteiger partial charge in [0.25, 0.3) is 0 Å². The van der Waals surface area contributed by atoms with Crippen molar-refractivity contribution >= 4 is 16.9 Å². The van der Waals surface area contributed by atoms with Gasteiger partial charge in [-0.1, -0.05) is 108 Å². The van der Waals surface area contributed by atoms with E-state index in [0.29, 0.717) is 0 Å². The third kappa shape index (κ3) is 5.71. The molecule has 194 valence electrons. The van der Waals surface area contributed by atoms with Crippen molar-refractivity contribution in [3.63, 3.8) is 0 Å². The number of H-pyrrole nitrogens is 1. The summed E-state index contributed by atoms with van der Waals surface area (Å²) in [5, 5.41) is 1.22. The van der Waals surface area contributed by atoms with Crippen molar-refractivity contribution in [1.29, 1.82) is 0 Å². The summed E-state index contributed by atoms with van der Waals surface area (Å²) >= 11 is 0. The number of hydrogen-bond acceptors (Lipinski definition) is 2. The average Bonchev–Trinajstić information content (AvgIpc) is 3.37. The van der Waals surface area contributed by atoms with Gasteiger partial charge < -0.3 is 9.72 Å². The van der Waals surface area contributed by atoms with Crippen molar-refractivity contribution in [2.75, 3.05) is 0 Å². The van der Waals surface area contributed by atoms with Crippen molar-refractivity contribution in [1.82, 2.24) is 4.98 Å².